The molecule has 1 aliphatic carbocycles. The molecule has 0 bridgehead atoms. The van der Waals surface area contributed by atoms with E-state index in [-0.39, 0.29) is 11.4 Å². The maximum atomic E-state index is 11.5. The van der Waals surface area contributed by atoms with Crippen LogP contribution in [0.5, 0.6) is 0 Å². The Kier molecular flexibility index (Phi) is 3.77. The lowest BCUT2D eigenvalue weighted by Gasteiger charge is -2.24. The largest absolute Gasteiger partial charge is 0.469 e. The number of carbonyl (C=O) groups excluding carboxylic acids is 1. The molecule has 88 valence electrons. The molecular formula is C12H23NO2. The van der Waals surface area contributed by atoms with Gasteiger partial charge in [-0.05, 0) is 24.7 Å². The van der Waals surface area contributed by atoms with Gasteiger partial charge in [0.15, 0.2) is 0 Å². The number of hydrogen-bond donors (Lipinski definition) is 1. The Hall–Kier alpha value is -0.570. The van der Waals surface area contributed by atoms with Gasteiger partial charge in [0, 0.05) is 13.1 Å². The Balaban J connectivity index is 2.29. The quantitative estimate of drug-likeness (QED) is 0.685. The van der Waals surface area contributed by atoms with Gasteiger partial charge < -0.3 is 10.1 Å². The molecule has 0 aliphatic heterocycles. The molecule has 0 radical (unpaired) electrons. The zero-order chi connectivity index (χ0) is 11.5. The molecule has 1 aliphatic rings. The van der Waals surface area contributed by atoms with Gasteiger partial charge in [0.2, 0.25) is 0 Å². The van der Waals surface area contributed by atoms with Crippen LogP contribution in [0.2, 0.25) is 0 Å². The summed E-state index contributed by atoms with van der Waals surface area (Å²) in [6.07, 6.45) is 3.09. The van der Waals surface area contributed by atoms with Crippen LogP contribution in [0.25, 0.3) is 0 Å². The fraction of sp³-hybridized carbons (Fsp3) is 0.917. The van der Waals surface area contributed by atoms with Crippen molar-refractivity contribution in [1.29, 1.82) is 0 Å². The molecule has 3 heteroatoms. The van der Waals surface area contributed by atoms with Crippen LogP contribution >= 0.6 is 0 Å². The van der Waals surface area contributed by atoms with Crippen molar-refractivity contribution in [1.82, 2.24) is 5.32 Å². The second kappa shape index (κ2) is 4.52. The van der Waals surface area contributed by atoms with Gasteiger partial charge >= 0.3 is 5.97 Å². The van der Waals surface area contributed by atoms with E-state index < -0.39 is 0 Å². The van der Waals surface area contributed by atoms with Crippen molar-refractivity contribution in [2.75, 3.05) is 20.2 Å². The number of nitrogens with one attached hydrogen (secondary N) is 1. The van der Waals surface area contributed by atoms with E-state index in [9.17, 15) is 4.79 Å². The van der Waals surface area contributed by atoms with Gasteiger partial charge in [0.25, 0.3) is 0 Å². The van der Waals surface area contributed by atoms with Gasteiger partial charge in [-0.2, -0.15) is 0 Å². The van der Waals surface area contributed by atoms with Crippen LogP contribution in [-0.4, -0.2) is 26.2 Å². The lowest BCUT2D eigenvalue weighted by Crippen LogP contribution is -2.36. The van der Waals surface area contributed by atoms with Gasteiger partial charge in [-0.3, -0.25) is 4.79 Å². The average molecular weight is 213 g/mol. The second-order valence-electron chi connectivity index (χ2n) is 5.39. The summed E-state index contributed by atoms with van der Waals surface area (Å²) in [6, 6.07) is 0. The molecule has 0 saturated heterocycles. The Labute approximate surface area is 92.6 Å². The zero-order valence-corrected chi connectivity index (χ0v) is 10.4. The van der Waals surface area contributed by atoms with Crippen LogP contribution in [-0.2, 0) is 9.53 Å². The van der Waals surface area contributed by atoms with E-state index in [1.165, 1.54) is 7.11 Å². The third-order valence-electron chi connectivity index (χ3n) is 3.50. The predicted octanol–water partition coefficient (Wildman–Crippen LogP) is 1.97. The Morgan fingerprint density at radius 1 is 1.47 bits per heavy atom. The molecule has 1 saturated carbocycles. The van der Waals surface area contributed by atoms with Crippen molar-refractivity contribution in [3.05, 3.63) is 0 Å². The molecule has 0 atom stereocenters. The van der Waals surface area contributed by atoms with Crippen molar-refractivity contribution in [2.45, 2.75) is 40.0 Å². The van der Waals surface area contributed by atoms with Crippen LogP contribution in [0, 0.1) is 10.8 Å². The molecule has 1 N–H and O–H groups in total. The van der Waals surface area contributed by atoms with Gasteiger partial charge in [-0.1, -0.05) is 20.8 Å². The fourth-order valence-electron chi connectivity index (χ4n) is 1.59. The molecule has 0 aromatic heterocycles. The van der Waals surface area contributed by atoms with Crippen molar-refractivity contribution in [3.8, 4) is 0 Å². The number of ether oxygens (including phenoxy) is 1. The van der Waals surface area contributed by atoms with Crippen molar-refractivity contribution < 1.29 is 9.53 Å². The lowest BCUT2D eigenvalue weighted by molar-refractivity contribution is -0.146. The third-order valence-corrected chi connectivity index (χ3v) is 3.50. The van der Waals surface area contributed by atoms with E-state index in [1.54, 1.807) is 0 Å². The molecular weight excluding hydrogens is 190 g/mol. The highest BCUT2D eigenvalue weighted by Gasteiger charge is 2.50. The summed E-state index contributed by atoms with van der Waals surface area (Å²) in [7, 11) is 1.47. The average Bonchev–Trinajstić information content (AvgIpc) is 2.98. The van der Waals surface area contributed by atoms with Crippen molar-refractivity contribution >= 4 is 5.97 Å². The summed E-state index contributed by atoms with van der Waals surface area (Å²) >= 11 is 0. The van der Waals surface area contributed by atoms with Crippen LogP contribution in [0.1, 0.15) is 40.0 Å². The summed E-state index contributed by atoms with van der Waals surface area (Å²) in [5.41, 5.74) is 0.116. The number of esters is 1. The van der Waals surface area contributed by atoms with E-state index in [2.05, 4.69) is 26.1 Å². The van der Waals surface area contributed by atoms with Gasteiger partial charge in [0.05, 0.1) is 12.5 Å². The summed E-state index contributed by atoms with van der Waals surface area (Å²) in [5.74, 6) is -0.0516. The summed E-state index contributed by atoms with van der Waals surface area (Å²) in [5, 5.41) is 3.39. The molecule has 15 heavy (non-hydrogen) atoms. The Bertz CT molecular complexity index is 232. The van der Waals surface area contributed by atoms with E-state index in [0.29, 0.717) is 5.41 Å². The third kappa shape index (κ3) is 3.20. The minimum atomic E-state index is -0.196. The van der Waals surface area contributed by atoms with Crippen LogP contribution < -0.4 is 5.32 Å². The maximum absolute atomic E-state index is 11.5. The van der Waals surface area contributed by atoms with E-state index in [0.717, 1.165) is 32.4 Å². The molecule has 1 rings (SSSR count). The first kappa shape index (κ1) is 12.5. The van der Waals surface area contributed by atoms with Gasteiger partial charge in [-0.15, -0.1) is 0 Å². The molecule has 0 amide bonds. The molecule has 3 nitrogen and oxygen atoms in total. The van der Waals surface area contributed by atoms with E-state index >= 15 is 0 Å². The monoisotopic (exact) mass is 213 g/mol. The highest BCUT2D eigenvalue weighted by molar-refractivity contribution is 5.80. The number of methoxy groups -OCH3 is 1. The summed E-state index contributed by atoms with van der Waals surface area (Å²) in [6.45, 7) is 8.38. The highest BCUT2D eigenvalue weighted by Crippen LogP contribution is 2.46. The first-order chi connectivity index (χ1) is 6.96. The topological polar surface area (TPSA) is 38.3 Å². The van der Waals surface area contributed by atoms with Crippen LogP contribution in [0.4, 0.5) is 0 Å². The number of carbonyl (C=O) groups is 1. The molecule has 0 heterocycles. The smallest absolute Gasteiger partial charge is 0.313 e. The van der Waals surface area contributed by atoms with E-state index in [4.69, 9.17) is 4.74 Å². The first-order valence-corrected chi connectivity index (χ1v) is 5.75. The minimum absolute atomic E-state index is 0.0516. The normalized spacial score (nSPS) is 18.7. The van der Waals surface area contributed by atoms with Gasteiger partial charge in [0.1, 0.15) is 0 Å². The summed E-state index contributed by atoms with van der Waals surface area (Å²) < 4.78 is 4.81. The number of hydrogen-bond acceptors (Lipinski definition) is 3. The molecule has 0 unspecified atom stereocenters. The Morgan fingerprint density at radius 3 is 2.47 bits per heavy atom. The number of rotatable bonds is 6. The fourth-order valence-corrected chi connectivity index (χ4v) is 1.59. The molecule has 0 aromatic rings. The zero-order valence-electron chi connectivity index (χ0n) is 10.4. The SMILES string of the molecule is CCC(C)(C)CNCC1(C(=O)OC)CC1. The van der Waals surface area contributed by atoms with Crippen molar-refractivity contribution in [2.24, 2.45) is 10.8 Å². The van der Waals surface area contributed by atoms with Crippen LogP contribution in [0.15, 0.2) is 0 Å². The molecule has 1 fully saturated rings. The highest BCUT2D eigenvalue weighted by atomic mass is 16.5. The first-order valence-electron chi connectivity index (χ1n) is 5.75. The molecule has 0 aromatic carbocycles. The van der Waals surface area contributed by atoms with Gasteiger partial charge in [-0.25, -0.2) is 0 Å². The maximum Gasteiger partial charge on any atom is 0.313 e. The standard InChI is InChI=1S/C12H23NO2/c1-5-11(2,3)8-13-9-12(6-7-12)10(14)15-4/h13H,5-9H2,1-4H3. The van der Waals surface area contributed by atoms with E-state index in [1.807, 2.05) is 0 Å². The second-order valence-corrected chi connectivity index (χ2v) is 5.39. The van der Waals surface area contributed by atoms with Crippen LogP contribution in [0.3, 0.4) is 0 Å². The predicted molar refractivity (Wildman–Crippen MR) is 60.6 cm³/mol. The molecule has 0 spiro atoms. The summed E-state index contributed by atoms with van der Waals surface area (Å²) in [4.78, 5) is 11.5. The lowest BCUT2D eigenvalue weighted by atomic mass is 9.90. The van der Waals surface area contributed by atoms with Crippen molar-refractivity contribution in [3.63, 3.8) is 0 Å². The Morgan fingerprint density at radius 2 is 2.07 bits per heavy atom. The minimum Gasteiger partial charge on any atom is -0.469 e.